The molecule has 1 aliphatic rings. The molecule has 3 nitrogen and oxygen atoms in total. The highest BCUT2D eigenvalue weighted by molar-refractivity contribution is 5.34. The summed E-state index contributed by atoms with van der Waals surface area (Å²) in [5.41, 5.74) is 1.16. The van der Waals surface area contributed by atoms with Crippen molar-refractivity contribution in [1.82, 2.24) is 10.2 Å². The predicted octanol–water partition coefficient (Wildman–Crippen LogP) is 2.78. The molecule has 0 aromatic carbocycles. The number of hydrogen-bond acceptors (Lipinski definition) is 3. The minimum Gasteiger partial charge on any atom is -0.368 e. The van der Waals surface area contributed by atoms with E-state index in [-0.39, 0.29) is 0 Å². The zero-order valence-electron chi connectivity index (χ0n) is 9.37. The zero-order valence-corrected chi connectivity index (χ0v) is 9.37. The lowest BCUT2D eigenvalue weighted by Crippen LogP contribution is -2.17. The third-order valence-electron chi connectivity index (χ3n) is 3.09. The van der Waals surface area contributed by atoms with Gasteiger partial charge in [-0.3, -0.25) is 0 Å². The lowest BCUT2D eigenvalue weighted by atomic mass is 9.89. The van der Waals surface area contributed by atoms with Crippen molar-refractivity contribution in [2.75, 3.05) is 11.9 Å². The molecule has 0 amide bonds. The summed E-state index contributed by atoms with van der Waals surface area (Å²) in [5, 5.41) is 11.4. The molecule has 1 aromatic rings. The van der Waals surface area contributed by atoms with Crippen molar-refractivity contribution in [3.63, 3.8) is 0 Å². The number of rotatable bonds is 3. The Morgan fingerprint density at radius 2 is 2.13 bits per heavy atom. The van der Waals surface area contributed by atoms with E-state index in [9.17, 15) is 0 Å². The molecule has 0 unspecified atom stereocenters. The van der Waals surface area contributed by atoms with Crippen LogP contribution in [0.2, 0.25) is 0 Å². The maximum atomic E-state index is 4.06. The number of hydrogen-bond donors (Lipinski definition) is 1. The predicted molar refractivity (Wildman–Crippen MR) is 61.8 cm³/mol. The molecule has 1 N–H and O–H groups in total. The van der Waals surface area contributed by atoms with E-state index in [0.717, 1.165) is 23.8 Å². The molecule has 1 fully saturated rings. The average molecular weight is 205 g/mol. The van der Waals surface area contributed by atoms with E-state index in [0.29, 0.717) is 0 Å². The summed E-state index contributed by atoms with van der Waals surface area (Å²) in [6.45, 7) is 3.10. The van der Waals surface area contributed by atoms with E-state index in [2.05, 4.69) is 21.6 Å². The standard InChI is InChI=1S/C12H19N3/c1-10-7-12(15-14-8-10)13-9-11-5-3-2-4-6-11/h7-8,11H,2-6,9H2,1H3,(H,13,15). The Labute approximate surface area is 91.3 Å². The van der Waals surface area contributed by atoms with Crippen LogP contribution in [0.4, 0.5) is 5.82 Å². The first-order valence-corrected chi connectivity index (χ1v) is 5.88. The van der Waals surface area contributed by atoms with Crippen molar-refractivity contribution in [2.24, 2.45) is 5.92 Å². The zero-order chi connectivity index (χ0) is 10.5. The van der Waals surface area contributed by atoms with Crippen LogP contribution >= 0.6 is 0 Å². The monoisotopic (exact) mass is 205 g/mol. The van der Waals surface area contributed by atoms with Gasteiger partial charge < -0.3 is 5.32 Å². The Morgan fingerprint density at radius 1 is 1.33 bits per heavy atom. The van der Waals surface area contributed by atoms with Crippen molar-refractivity contribution in [2.45, 2.75) is 39.0 Å². The van der Waals surface area contributed by atoms with Crippen LogP contribution in [0.15, 0.2) is 12.3 Å². The highest BCUT2D eigenvalue weighted by Crippen LogP contribution is 2.23. The van der Waals surface area contributed by atoms with Crippen molar-refractivity contribution in [1.29, 1.82) is 0 Å². The molecular formula is C12H19N3. The van der Waals surface area contributed by atoms with E-state index < -0.39 is 0 Å². The van der Waals surface area contributed by atoms with Crippen molar-refractivity contribution in [3.05, 3.63) is 17.8 Å². The van der Waals surface area contributed by atoms with Crippen molar-refractivity contribution >= 4 is 5.82 Å². The van der Waals surface area contributed by atoms with Crippen molar-refractivity contribution < 1.29 is 0 Å². The van der Waals surface area contributed by atoms with Gasteiger partial charge in [-0.25, -0.2) is 0 Å². The van der Waals surface area contributed by atoms with Gasteiger partial charge in [-0.2, -0.15) is 5.10 Å². The lowest BCUT2D eigenvalue weighted by Gasteiger charge is -2.21. The Bertz CT molecular complexity index is 305. The summed E-state index contributed by atoms with van der Waals surface area (Å²) < 4.78 is 0. The smallest absolute Gasteiger partial charge is 0.148 e. The molecule has 3 heteroatoms. The number of aromatic nitrogens is 2. The Kier molecular flexibility index (Phi) is 3.54. The number of nitrogens with one attached hydrogen (secondary N) is 1. The van der Waals surface area contributed by atoms with Gasteiger partial charge in [0.2, 0.25) is 0 Å². The highest BCUT2D eigenvalue weighted by Gasteiger charge is 2.12. The van der Waals surface area contributed by atoms with Crippen LogP contribution < -0.4 is 5.32 Å². The quantitative estimate of drug-likeness (QED) is 0.824. The van der Waals surface area contributed by atoms with Crippen LogP contribution in [0.3, 0.4) is 0 Å². The molecule has 1 aromatic heterocycles. The van der Waals surface area contributed by atoms with Gasteiger partial charge in [0, 0.05) is 6.54 Å². The molecule has 1 aliphatic carbocycles. The topological polar surface area (TPSA) is 37.8 Å². The van der Waals surface area contributed by atoms with Crippen LogP contribution in [0.5, 0.6) is 0 Å². The minimum absolute atomic E-state index is 0.834. The van der Waals surface area contributed by atoms with Crippen LogP contribution in [-0.2, 0) is 0 Å². The SMILES string of the molecule is Cc1cnnc(NCC2CCCCC2)c1. The lowest BCUT2D eigenvalue weighted by molar-refractivity contribution is 0.373. The molecule has 0 radical (unpaired) electrons. The molecule has 0 bridgehead atoms. The van der Waals surface area contributed by atoms with Crippen LogP contribution in [0.1, 0.15) is 37.7 Å². The molecule has 0 atom stereocenters. The molecule has 15 heavy (non-hydrogen) atoms. The first-order chi connectivity index (χ1) is 7.34. The second-order valence-corrected chi connectivity index (χ2v) is 4.50. The molecular weight excluding hydrogens is 186 g/mol. The summed E-state index contributed by atoms with van der Waals surface area (Å²) >= 11 is 0. The van der Waals surface area contributed by atoms with E-state index in [1.807, 2.05) is 6.92 Å². The van der Waals surface area contributed by atoms with Gasteiger partial charge in [-0.1, -0.05) is 19.3 Å². The molecule has 1 saturated carbocycles. The van der Waals surface area contributed by atoms with Crippen LogP contribution in [-0.4, -0.2) is 16.7 Å². The maximum absolute atomic E-state index is 4.06. The maximum Gasteiger partial charge on any atom is 0.148 e. The fourth-order valence-corrected chi connectivity index (χ4v) is 2.19. The third kappa shape index (κ3) is 3.18. The van der Waals surface area contributed by atoms with Gasteiger partial charge in [0.25, 0.3) is 0 Å². The number of anilines is 1. The number of nitrogens with zero attached hydrogens (tertiary/aromatic N) is 2. The first kappa shape index (κ1) is 10.4. The van der Waals surface area contributed by atoms with E-state index in [4.69, 9.17) is 0 Å². The summed E-state index contributed by atoms with van der Waals surface area (Å²) in [5.74, 6) is 1.75. The molecule has 0 aliphatic heterocycles. The fourth-order valence-electron chi connectivity index (χ4n) is 2.19. The minimum atomic E-state index is 0.834. The van der Waals surface area contributed by atoms with Gasteiger partial charge in [0.1, 0.15) is 5.82 Å². The second kappa shape index (κ2) is 5.10. The number of aryl methyl sites for hydroxylation is 1. The Balaban J connectivity index is 1.81. The van der Waals surface area contributed by atoms with Gasteiger partial charge in [0.05, 0.1) is 6.20 Å². The van der Waals surface area contributed by atoms with E-state index in [1.165, 1.54) is 32.1 Å². The van der Waals surface area contributed by atoms with Crippen LogP contribution in [0.25, 0.3) is 0 Å². The Morgan fingerprint density at radius 3 is 2.87 bits per heavy atom. The third-order valence-corrected chi connectivity index (χ3v) is 3.09. The first-order valence-electron chi connectivity index (χ1n) is 5.88. The normalized spacial score (nSPS) is 17.7. The molecule has 0 saturated heterocycles. The average Bonchev–Trinajstić information content (AvgIpc) is 2.28. The van der Waals surface area contributed by atoms with E-state index in [1.54, 1.807) is 6.20 Å². The van der Waals surface area contributed by atoms with Gasteiger partial charge in [-0.05, 0) is 37.3 Å². The Hall–Kier alpha value is -1.12. The fraction of sp³-hybridized carbons (Fsp3) is 0.667. The molecule has 0 spiro atoms. The largest absolute Gasteiger partial charge is 0.368 e. The highest BCUT2D eigenvalue weighted by atomic mass is 15.2. The second-order valence-electron chi connectivity index (χ2n) is 4.50. The summed E-state index contributed by atoms with van der Waals surface area (Å²) in [7, 11) is 0. The molecule has 82 valence electrons. The van der Waals surface area contributed by atoms with Gasteiger partial charge in [-0.15, -0.1) is 5.10 Å². The molecule has 1 heterocycles. The summed E-state index contributed by atoms with van der Waals surface area (Å²) in [4.78, 5) is 0. The van der Waals surface area contributed by atoms with Gasteiger partial charge >= 0.3 is 0 Å². The molecule has 2 rings (SSSR count). The van der Waals surface area contributed by atoms with Crippen molar-refractivity contribution in [3.8, 4) is 0 Å². The van der Waals surface area contributed by atoms with Crippen LogP contribution in [0, 0.1) is 12.8 Å². The van der Waals surface area contributed by atoms with E-state index >= 15 is 0 Å². The van der Waals surface area contributed by atoms with Gasteiger partial charge in [0.15, 0.2) is 0 Å². The summed E-state index contributed by atoms with van der Waals surface area (Å²) in [6.07, 6.45) is 8.72. The summed E-state index contributed by atoms with van der Waals surface area (Å²) in [6, 6.07) is 2.05.